The van der Waals surface area contributed by atoms with Gasteiger partial charge >= 0.3 is 0 Å². The summed E-state index contributed by atoms with van der Waals surface area (Å²) in [6.07, 6.45) is 6.57. The zero-order chi connectivity index (χ0) is 7.68. The summed E-state index contributed by atoms with van der Waals surface area (Å²) in [7, 11) is 0. The Labute approximate surface area is 68.5 Å². The lowest BCUT2D eigenvalue weighted by molar-refractivity contribution is 0.195. The molecule has 2 nitrogen and oxygen atoms in total. The molecule has 2 fully saturated rings. The third-order valence-electron chi connectivity index (χ3n) is 3.18. The van der Waals surface area contributed by atoms with Gasteiger partial charge in [-0.05, 0) is 44.6 Å². The van der Waals surface area contributed by atoms with E-state index in [1.807, 2.05) is 0 Å². The topological polar surface area (TPSA) is 38.0 Å². The number of hydrogen-bond acceptors (Lipinski definition) is 2. The van der Waals surface area contributed by atoms with Crippen LogP contribution in [0.1, 0.15) is 32.1 Å². The first-order valence-electron chi connectivity index (χ1n) is 4.85. The second-order valence-corrected chi connectivity index (χ2v) is 4.04. The maximum Gasteiger partial charge on any atom is 0.00964 e. The number of nitrogens with one attached hydrogen (secondary N) is 1. The molecule has 0 amide bonds. The van der Waals surface area contributed by atoms with E-state index < -0.39 is 0 Å². The van der Waals surface area contributed by atoms with E-state index in [0.29, 0.717) is 6.04 Å². The minimum absolute atomic E-state index is 0.496. The first-order valence-corrected chi connectivity index (χ1v) is 4.85. The van der Waals surface area contributed by atoms with Gasteiger partial charge in [0.25, 0.3) is 0 Å². The van der Waals surface area contributed by atoms with Gasteiger partial charge in [0, 0.05) is 12.1 Å². The SMILES string of the molecule is N[C@@H]1CC[C@@H]2NCCC[C@H]2C1. The molecule has 1 heterocycles. The van der Waals surface area contributed by atoms with Gasteiger partial charge in [-0.1, -0.05) is 0 Å². The van der Waals surface area contributed by atoms with E-state index in [1.54, 1.807) is 0 Å². The highest BCUT2D eigenvalue weighted by Crippen LogP contribution is 2.29. The van der Waals surface area contributed by atoms with E-state index in [1.165, 1.54) is 38.6 Å². The minimum atomic E-state index is 0.496. The molecule has 0 spiro atoms. The maximum atomic E-state index is 5.91. The van der Waals surface area contributed by atoms with Crippen molar-refractivity contribution in [3.8, 4) is 0 Å². The summed E-state index contributed by atoms with van der Waals surface area (Å²) in [5.41, 5.74) is 5.91. The average Bonchev–Trinajstić information content (AvgIpc) is 2.04. The van der Waals surface area contributed by atoms with Crippen LogP contribution >= 0.6 is 0 Å². The van der Waals surface area contributed by atoms with Crippen molar-refractivity contribution in [1.29, 1.82) is 0 Å². The predicted molar refractivity (Wildman–Crippen MR) is 46.3 cm³/mol. The Morgan fingerprint density at radius 1 is 1.18 bits per heavy atom. The van der Waals surface area contributed by atoms with Crippen molar-refractivity contribution in [3.63, 3.8) is 0 Å². The van der Waals surface area contributed by atoms with Crippen molar-refractivity contribution in [3.05, 3.63) is 0 Å². The van der Waals surface area contributed by atoms with Crippen molar-refractivity contribution in [2.75, 3.05) is 6.54 Å². The molecule has 1 aliphatic carbocycles. The van der Waals surface area contributed by atoms with Gasteiger partial charge in [-0.3, -0.25) is 0 Å². The normalized spacial score (nSPS) is 45.0. The van der Waals surface area contributed by atoms with Crippen molar-refractivity contribution < 1.29 is 0 Å². The fraction of sp³-hybridized carbons (Fsp3) is 1.00. The summed E-state index contributed by atoms with van der Waals surface area (Å²) in [6, 6.07) is 1.31. The predicted octanol–water partition coefficient (Wildman–Crippen LogP) is 0.866. The highest BCUT2D eigenvalue weighted by Gasteiger charge is 2.30. The van der Waals surface area contributed by atoms with Gasteiger partial charge in [-0.15, -0.1) is 0 Å². The molecule has 64 valence electrons. The molecule has 0 aromatic heterocycles. The van der Waals surface area contributed by atoms with E-state index in [0.717, 1.165) is 12.0 Å². The molecule has 0 aromatic carbocycles. The van der Waals surface area contributed by atoms with E-state index in [2.05, 4.69) is 5.32 Å². The zero-order valence-corrected chi connectivity index (χ0v) is 7.05. The first kappa shape index (κ1) is 7.56. The molecular weight excluding hydrogens is 136 g/mol. The molecule has 3 N–H and O–H groups in total. The van der Waals surface area contributed by atoms with Gasteiger partial charge < -0.3 is 11.1 Å². The van der Waals surface area contributed by atoms with Crippen LogP contribution in [0.3, 0.4) is 0 Å². The van der Waals surface area contributed by atoms with Gasteiger partial charge in [0.1, 0.15) is 0 Å². The minimum Gasteiger partial charge on any atom is -0.328 e. The number of rotatable bonds is 0. The Morgan fingerprint density at radius 2 is 2.09 bits per heavy atom. The van der Waals surface area contributed by atoms with Crippen molar-refractivity contribution in [2.45, 2.75) is 44.2 Å². The van der Waals surface area contributed by atoms with E-state index >= 15 is 0 Å². The Balaban J connectivity index is 1.93. The van der Waals surface area contributed by atoms with Crippen LogP contribution in [-0.2, 0) is 0 Å². The molecular formula is C9H18N2. The van der Waals surface area contributed by atoms with Crippen LogP contribution in [0.2, 0.25) is 0 Å². The third kappa shape index (κ3) is 1.57. The van der Waals surface area contributed by atoms with Crippen LogP contribution in [0, 0.1) is 5.92 Å². The van der Waals surface area contributed by atoms with Crippen molar-refractivity contribution in [2.24, 2.45) is 11.7 Å². The monoisotopic (exact) mass is 154 g/mol. The summed E-state index contributed by atoms with van der Waals surface area (Å²) in [5, 5.41) is 3.59. The van der Waals surface area contributed by atoms with Crippen LogP contribution in [-0.4, -0.2) is 18.6 Å². The molecule has 3 atom stereocenters. The zero-order valence-electron chi connectivity index (χ0n) is 7.05. The molecule has 0 bridgehead atoms. The second kappa shape index (κ2) is 3.11. The summed E-state index contributed by atoms with van der Waals surface area (Å²) in [4.78, 5) is 0. The average molecular weight is 154 g/mol. The van der Waals surface area contributed by atoms with Gasteiger partial charge in [-0.2, -0.15) is 0 Å². The van der Waals surface area contributed by atoms with Gasteiger partial charge in [-0.25, -0.2) is 0 Å². The Morgan fingerprint density at radius 3 is 3.00 bits per heavy atom. The number of piperidine rings is 1. The molecule has 2 aliphatic rings. The lowest BCUT2D eigenvalue weighted by atomic mass is 9.77. The van der Waals surface area contributed by atoms with Crippen LogP contribution in [0.5, 0.6) is 0 Å². The summed E-state index contributed by atoms with van der Waals surface area (Å²) < 4.78 is 0. The fourth-order valence-corrected chi connectivity index (χ4v) is 2.54. The molecule has 0 radical (unpaired) electrons. The van der Waals surface area contributed by atoms with Crippen molar-refractivity contribution >= 4 is 0 Å². The summed E-state index contributed by atoms with van der Waals surface area (Å²) in [6.45, 7) is 1.23. The molecule has 1 saturated carbocycles. The third-order valence-corrected chi connectivity index (χ3v) is 3.18. The van der Waals surface area contributed by atoms with Gasteiger partial charge in [0.05, 0.1) is 0 Å². The van der Waals surface area contributed by atoms with Crippen LogP contribution in [0.4, 0.5) is 0 Å². The fourth-order valence-electron chi connectivity index (χ4n) is 2.54. The van der Waals surface area contributed by atoms with Crippen LogP contribution in [0.25, 0.3) is 0 Å². The van der Waals surface area contributed by atoms with Gasteiger partial charge in [0.2, 0.25) is 0 Å². The molecule has 2 heteroatoms. The van der Waals surface area contributed by atoms with Crippen molar-refractivity contribution in [1.82, 2.24) is 5.32 Å². The first-order chi connectivity index (χ1) is 5.36. The summed E-state index contributed by atoms with van der Waals surface area (Å²) in [5.74, 6) is 0.896. The second-order valence-electron chi connectivity index (χ2n) is 4.04. The number of hydrogen-bond donors (Lipinski definition) is 2. The number of nitrogens with two attached hydrogens (primary N) is 1. The smallest absolute Gasteiger partial charge is 0.00964 e. The standard InChI is InChI=1S/C9H18N2/c10-8-3-4-9-7(6-8)2-1-5-11-9/h7-9,11H,1-6,10H2/t7-,8+,9-/m0/s1. The summed E-state index contributed by atoms with van der Waals surface area (Å²) >= 11 is 0. The molecule has 0 aromatic rings. The van der Waals surface area contributed by atoms with E-state index in [-0.39, 0.29) is 0 Å². The Bertz CT molecular complexity index is 136. The Kier molecular flexibility index (Phi) is 2.14. The Hall–Kier alpha value is -0.0800. The number of fused-ring (bicyclic) bond motifs is 1. The lowest BCUT2D eigenvalue weighted by Crippen LogP contribution is -2.47. The maximum absolute atomic E-state index is 5.91. The molecule has 11 heavy (non-hydrogen) atoms. The van der Waals surface area contributed by atoms with Gasteiger partial charge in [0.15, 0.2) is 0 Å². The highest BCUT2D eigenvalue weighted by molar-refractivity contribution is 4.88. The molecule has 1 aliphatic heterocycles. The quantitative estimate of drug-likeness (QED) is 0.543. The van der Waals surface area contributed by atoms with Crippen LogP contribution in [0.15, 0.2) is 0 Å². The largest absolute Gasteiger partial charge is 0.328 e. The molecule has 2 rings (SSSR count). The molecule has 0 unspecified atom stereocenters. The molecule has 1 saturated heterocycles. The van der Waals surface area contributed by atoms with E-state index in [9.17, 15) is 0 Å². The highest BCUT2D eigenvalue weighted by atomic mass is 14.9. The van der Waals surface area contributed by atoms with E-state index in [4.69, 9.17) is 5.73 Å². The lowest BCUT2D eigenvalue weighted by Gasteiger charge is -2.38. The van der Waals surface area contributed by atoms with Crippen LogP contribution < -0.4 is 11.1 Å².